The van der Waals surface area contributed by atoms with Crippen LogP contribution in [0.1, 0.15) is 124 Å². The number of aryl methyl sites for hydroxylation is 4. The highest BCUT2D eigenvalue weighted by molar-refractivity contribution is 6.35. The number of hydrogen-bond acceptors (Lipinski definition) is 7. The van der Waals surface area contributed by atoms with Gasteiger partial charge in [0.1, 0.15) is 11.2 Å². The van der Waals surface area contributed by atoms with E-state index in [0.717, 1.165) is 86.7 Å². The van der Waals surface area contributed by atoms with Crippen molar-refractivity contribution in [3.05, 3.63) is 181 Å². The Morgan fingerprint density at radius 3 is 1.80 bits per heavy atom. The Balaban J connectivity index is 0.000000148. The van der Waals surface area contributed by atoms with Crippen LogP contribution in [0, 0.1) is 45.4 Å². The molecule has 7 aromatic rings. The summed E-state index contributed by atoms with van der Waals surface area (Å²) in [6, 6.07) is 35.5. The first-order valence-electron chi connectivity index (χ1n) is 25.8. The van der Waals surface area contributed by atoms with E-state index in [1.807, 2.05) is 107 Å². The van der Waals surface area contributed by atoms with Crippen molar-refractivity contribution in [3.63, 3.8) is 0 Å². The molecular weight excluding hydrogens is 1000 g/mol. The second-order valence-corrected chi connectivity index (χ2v) is 20.7. The second-order valence-electron chi connectivity index (χ2n) is 20.0. The van der Waals surface area contributed by atoms with Crippen molar-refractivity contribution in [2.45, 2.75) is 105 Å². The Morgan fingerprint density at radius 2 is 1.17 bits per heavy atom. The van der Waals surface area contributed by atoms with Crippen LogP contribution in [-0.2, 0) is 32.0 Å². The van der Waals surface area contributed by atoms with Crippen molar-refractivity contribution in [1.82, 2.24) is 0 Å². The van der Waals surface area contributed by atoms with Crippen LogP contribution in [0.5, 0.6) is 0 Å². The first-order chi connectivity index (χ1) is 36.4. The molecule has 0 bridgehead atoms. The summed E-state index contributed by atoms with van der Waals surface area (Å²) in [6.07, 6.45) is 11.0. The van der Waals surface area contributed by atoms with Gasteiger partial charge in [-0.15, -0.1) is 0 Å². The van der Waals surface area contributed by atoms with Gasteiger partial charge in [0.05, 0.1) is 38.8 Å². The van der Waals surface area contributed by atoms with E-state index in [-0.39, 0.29) is 46.8 Å². The summed E-state index contributed by atoms with van der Waals surface area (Å²) >= 11 is 12.3. The lowest BCUT2D eigenvalue weighted by Gasteiger charge is -2.27. The molecule has 10 rings (SSSR count). The Hall–Kier alpha value is -7.34. The zero-order valence-electron chi connectivity index (χ0n) is 43.6. The third-order valence-electron chi connectivity index (χ3n) is 14.5. The Morgan fingerprint density at radius 1 is 0.579 bits per heavy atom. The van der Waals surface area contributed by atoms with Crippen LogP contribution < -0.4 is 10.6 Å². The van der Waals surface area contributed by atoms with Crippen LogP contribution >= 0.6 is 23.2 Å². The van der Waals surface area contributed by atoms with Crippen LogP contribution in [0.25, 0.3) is 27.5 Å². The number of aromatic carboxylic acids is 1. The number of ketones is 2. The SMILES string of the molecule is CC1=CC(=O)Cc2cc3oc4ccccc4c3cc21.Cc1ccc(CC(=O)c2ccccc2C(=O)O)cc1C.Cc1cccc(NC(=O)C2CCCCC2)c1Cl.Cc1cccc(NC(=O)[C@H]2CCCC[C@H]2C(=O)O)c1Cl. The third-order valence-corrected chi connectivity index (χ3v) is 15.5. The fourth-order valence-corrected chi connectivity index (χ4v) is 10.4. The number of aliphatic carboxylic acids is 1. The summed E-state index contributed by atoms with van der Waals surface area (Å²) in [5.41, 5.74) is 11.7. The van der Waals surface area contributed by atoms with Gasteiger partial charge in [-0.2, -0.15) is 0 Å². The summed E-state index contributed by atoms with van der Waals surface area (Å²) in [5, 5.41) is 27.5. The maximum Gasteiger partial charge on any atom is 0.336 e. The van der Waals surface area contributed by atoms with Gasteiger partial charge in [0.25, 0.3) is 0 Å². The number of carboxylic acid groups (broad SMARTS) is 2. The van der Waals surface area contributed by atoms with Crippen molar-refractivity contribution in [3.8, 4) is 0 Å². The zero-order chi connectivity index (χ0) is 54.6. The molecule has 3 aliphatic carbocycles. The summed E-state index contributed by atoms with van der Waals surface area (Å²) in [7, 11) is 0. The molecule has 6 aromatic carbocycles. The standard InChI is InChI=1S/C17H16O3.C17H12O2.C15H18ClNO3.C14H18ClNO/c1-11-7-8-13(9-12(11)2)10-16(18)14-5-3-4-6-15(14)17(19)20;1-10-6-12(18)7-11-8-17-15(9-14(10)11)13-4-2-3-5-16(13)19-17;1-9-5-4-8-12(13(9)16)17-14(18)10-6-2-3-7-11(10)15(19)20;1-10-6-5-9-12(13(10)15)16-14(17)11-7-3-2-4-8-11/h3-9H,10H2,1-2H3,(H,19,20);2-6,8-9H,7H2,1H3;4-5,8,10-11H,2-3,6-7H2,1H3,(H,17,18)(H,19,20);5-6,9,11H,2-4,7-8H2,1H3,(H,16,17)/t;;10-,11+;/m..0./s1. The summed E-state index contributed by atoms with van der Waals surface area (Å²) in [4.78, 5) is 70.6. The fourth-order valence-electron chi connectivity index (χ4n) is 10.0. The van der Waals surface area contributed by atoms with Gasteiger partial charge in [0.15, 0.2) is 11.6 Å². The molecule has 0 aliphatic heterocycles. The minimum absolute atomic E-state index is 0.0568. The van der Waals surface area contributed by atoms with Gasteiger partial charge < -0.3 is 25.3 Å². The number of anilines is 2. The first-order valence-corrected chi connectivity index (χ1v) is 26.6. The van der Waals surface area contributed by atoms with E-state index >= 15 is 0 Å². The molecule has 1 heterocycles. The quantitative estimate of drug-likeness (QED) is 0.102. The van der Waals surface area contributed by atoms with Gasteiger partial charge in [-0.25, -0.2) is 4.79 Å². The minimum Gasteiger partial charge on any atom is -0.481 e. The van der Waals surface area contributed by atoms with Crippen LogP contribution in [0.4, 0.5) is 11.4 Å². The predicted octanol–water partition coefficient (Wildman–Crippen LogP) is 15.2. The van der Waals surface area contributed by atoms with E-state index in [9.17, 15) is 33.9 Å². The molecule has 76 heavy (non-hydrogen) atoms. The topological polar surface area (TPSA) is 180 Å². The molecule has 0 saturated heterocycles. The molecule has 13 heteroatoms. The number of amides is 2. The number of hydrogen-bond donors (Lipinski definition) is 4. The Bertz CT molecular complexity index is 3350. The molecular formula is C63H64Cl2N2O9. The molecule has 11 nitrogen and oxygen atoms in total. The van der Waals surface area contributed by atoms with Gasteiger partial charge in [-0.3, -0.25) is 24.0 Å². The predicted molar refractivity (Wildman–Crippen MR) is 303 cm³/mol. The van der Waals surface area contributed by atoms with Crippen LogP contribution in [0.2, 0.25) is 10.0 Å². The van der Waals surface area contributed by atoms with Crippen molar-refractivity contribution >= 4 is 97.4 Å². The molecule has 2 atom stereocenters. The highest BCUT2D eigenvalue weighted by atomic mass is 35.5. The molecule has 2 fully saturated rings. The van der Waals surface area contributed by atoms with Crippen LogP contribution in [0.15, 0.2) is 126 Å². The van der Waals surface area contributed by atoms with E-state index in [0.29, 0.717) is 35.0 Å². The molecule has 1 aromatic heterocycles. The summed E-state index contributed by atoms with van der Waals surface area (Å²) in [6.45, 7) is 9.80. The van der Waals surface area contributed by atoms with Gasteiger partial charge in [-0.05, 0) is 147 Å². The lowest BCUT2D eigenvalue weighted by Crippen LogP contribution is -2.36. The van der Waals surface area contributed by atoms with Gasteiger partial charge in [-0.1, -0.05) is 134 Å². The molecule has 3 aliphatic rings. The molecule has 0 spiro atoms. The number of carboxylic acids is 2. The molecule has 4 N–H and O–H groups in total. The highest BCUT2D eigenvalue weighted by Crippen LogP contribution is 2.36. The molecule has 0 radical (unpaired) electrons. The van der Waals surface area contributed by atoms with Crippen LogP contribution in [-0.4, -0.2) is 45.5 Å². The summed E-state index contributed by atoms with van der Waals surface area (Å²) in [5.74, 6) is -2.99. The number of furan rings is 1. The molecule has 394 valence electrons. The number of benzene rings is 6. The van der Waals surface area contributed by atoms with Crippen LogP contribution in [0.3, 0.4) is 0 Å². The number of carbonyl (C=O) groups is 6. The van der Waals surface area contributed by atoms with E-state index in [1.165, 1.54) is 36.5 Å². The third kappa shape index (κ3) is 14.1. The van der Waals surface area contributed by atoms with E-state index < -0.39 is 23.8 Å². The maximum absolute atomic E-state index is 12.3. The number of fused-ring (bicyclic) bond motifs is 4. The number of para-hydroxylation sites is 1. The van der Waals surface area contributed by atoms with Gasteiger partial charge in [0.2, 0.25) is 11.8 Å². The minimum atomic E-state index is -1.07. The maximum atomic E-state index is 12.3. The van der Waals surface area contributed by atoms with E-state index in [1.54, 1.807) is 30.3 Å². The fraction of sp³-hybridized carbons (Fsp3) is 0.302. The molecule has 2 amide bonds. The Kier molecular flexibility index (Phi) is 19.2. The van der Waals surface area contributed by atoms with Crippen molar-refractivity contribution in [2.75, 3.05) is 10.6 Å². The van der Waals surface area contributed by atoms with Gasteiger partial charge >= 0.3 is 11.9 Å². The highest BCUT2D eigenvalue weighted by Gasteiger charge is 2.36. The second kappa shape index (κ2) is 25.9. The number of carbonyl (C=O) groups excluding carboxylic acids is 4. The average Bonchev–Trinajstić information content (AvgIpc) is 3.78. The molecule has 2 saturated carbocycles. The molecule has 0 unspecified atom stereocenters. The number of Topliss-reactive ketones (excluding diaryl/α,β-unsaturated/α-hetero) is 1. The monoisotopic (exact) mass is 1060 g/mol. The van der Waals surface area contributed by atoms with E-state index in [2.05, 4.69) is 22.8 Å². The number of rotatable bonds is 9. The first kappa shape index (κ1) is 56.4. The average molecular weight is 1060 g/mol. The lowest BCUT2D eigenvalue weighted by molar-refractivity contribution is -0.147. The number of halogens is 2. The smallest absolute Gasteiger partial charge is 0.336 e. The van der Waals surface area contributed by atoms with E-state index in [4.69, 9.17) is 32.7 Å². The zero-order valence-corrected chi connectivity index (χ0v) is 45.1. The number of allylic oxidation sites excluding steroid dienone is 2. The Labute approximate surface area is 453 Å². The largest absolute Gasteiger partial charge is 0.481 e. The van der Waals surface area contributed by atoms with Crippen molar-refractivity contribution in [2.24, 2.45) is 17.8 Å². The summed E-state index contributed by atoms with van der Waals surface area (Å²) < 4.78 is 5.86. The van der Waals surface area contributed by atoms with Crippen molar-refractivity contribution in [1.29, 1.82) is 0 Å². The number of nitrogens with one attached hydrogen (secondary N) is 2. The van der Waals surface area contributed by atoms with Gasteiger partial charge in [0, 0.05) is 35.1 Å². The normalized spacial score (nSPS) is 16.0. The lowest BCUT2D eigenvalue weighted by atomic mass is 9.78. The van der Waals surface area contributed by atoms with Crippen molar-refractivity contribution < 1.29 is 43.4 Å².